The van der Waals surface area contributed by atoms with Gasteiger partial charge in [0.1, 0.15) is 23.2 Å². The summed E-state index contributed by atoms with van der Waals surface area (Å²) in [6.07, 6.45) is 2.20. The normalized spacial score (nSPS) is 20.5. The van der Waals surface area contributed by atoms with Crippen molar-refractivity contribution < 1.29 is 37.7 Å². The highest BCUT2D eigenvalue weighted by molar-refractivity contribution is 6.34. The van der Waals surface area contributed by atoms with E-state index in [-0.39, 0.29) is 16.2 Å². The Morgan fingerprint density at radius 3 is 2.43 bits per heavy atom. The van der Waals surface area contributed by atoms with E-state index < -0.39 is 47.5 Å². The second-order valence-corrected chi connectivity index (χ2v) is 8.20. The number of phenols is 2. The molecule has 1 heterocycles. The van der Waals surface area contributed by atoms with Crippen molar-refractivity contribution in [1.29, 1.82) is 0 Å². The summed E-state index contributed by atoms with van der Waals surface area (Å²) in [4.78, 5) is 24.9. The number of ether oxygens (including phenoxy) is 1. The number of allylic oxidation sites excluding steroid dienone is 4. The molecule has 2 aromatic rings. The van der Waals surface area contributed by atoms with Crippen molar-refractivity contribution in [2.24, 2.45) is 0 Å². The van der Waals surface area contributed by atoms with Gasteiger partial charge < -0.3 is 14.9 Å². The number of phenolic OH excluding ortho intramolecular Hbond substituents is 2. The fraction of sp³-hybridized carbons (Fsp3) is 0.231. The topological polar surface area (TPSA) is 83.8 Å². The maximum atomic E-state index is 13.2. The molecule has 35 heavy (non-hydrogen) atoms. The summed E-state index contributed by atoms with van der Waals surface area (Å²) in [5.74, 6) is -4.27. The van der Waals surface area contributed by atoms with Crippen LogP contribution in [0.4, 0.5) is 13.2 Å². The number of carbonyl (C=O) groups excluding carboxylic acids is 2. The molecule has 9 heteroatoms. The van der Waals surface area contributed by atoms with Crippen LogP contribution in [0.5, 0.6) is 11.5 Å². The third-order valence-electron chi connectivity index (χ3n) is 5.24. The van der Waals surface area contributed by atoms with Gasteiger partial charge in [0.15, 0.2) is 0 Å². The number of cyclic esters (lactones) is 1. The van der Waals surface area contributed by atoms with Crippen LogP contribution in [-0.2, 0) is 9.53 Å². The Morgan fingerprint density at radius 1 is 1.06 bits per heavy atom. The van der Waals surface area contributed by atoms with Crippen LogP contribution < -0.4 is 0 Å². The lowest BCUT2D eigenvalue weighted by Gasteiger charge is -2.19. The van der Waals surface area contributed by atoms with Gasteiger partial charge in [-0.25, -0.2) is 4.79 Å². The first-order valence-electron chi connectivity index (χ1n) is 10.7. The third-order valence-corrected chi connectivity index (χ3v) is 5.64. The number of esters is 1. The molecule has 2 aromatic carbocycles. The standard InChI is InChI=1S/C26H22ClF3O5/c27-24-18-13-16(14-22(33)26(28,29)30)9-5-2-1-3-8-12-21(17-10-6-4-7-11-17)35-25(34)23(18)19(31)15-20(24)32/h3-11,13,15,21,31-32H,1-2,12,14H2/b8-3+,9-5+,16-13-/t21-/m1/s1. The molecule has 0 fully saturated rings. The zero-order chi connectivity index (χ0) is 25.6. The van der Waals surface area contributed by atoms with E-state index in [1.54, 1.807) is 36.4 Å². The molecular formula is C26H22ClF3O5. The Morgan fingerprint density at radius 2 is 1.74 bits per heavy atom. The monoisotopic (exact) mass is 506 g/mol. The van der Waals surface area contributed by atoms with Gasteiger partial charge in [-0.2, -0.15) is 13.2 Å². The molecule has 2 N–H and O–H groups in total. The van der Waals surface area contributed by atoms with Gasteiger partial charge in [0, 0.05) is 24.5 Å². The largest absolute Gasteiger partial charge is 0.507 e. The van der Waals surface area contributed by atoms with Crippen molar-refractivity contribution in [3.05, 3.63) is 88.0 Å². The number of hydrogen-bond donors (Lipinski definition) is 2. The number of ketones is 1. The molecule has 1 atom stereocenters. The molecule has 0 aliphatic carbocycles. The molecule has 0 aromatic heterocycles. The van der Waals surface area contributed by atoms with Gasteiger partial charge in [0.25, 0.3) is 0 Å². The van der Waals surface area contributed by atoms with Crippen LogP contribution in [0, 0.1) is 0 Å². The van der Waals surface area contributed by atoms with E-state index in [0.29, 0.717) is 24.8 Å². The van der Waals surface area contributed by atoms with E-state index in [4.69, 9.17) is 16.3 Å². The van der Waals surface area contributed by atoms with Crippen LogP contribution in [0.25, 0.3) is 6.08 Å². The minimum atomic E-state index is -5.06. The van der Waals surface area contributed by atoms with E-state index in [0.717, 1.165) is 12.1 Å². The summed E-state index contributed by atoms with van der Waals surface area (Å²) in [5, 5.41) is 20.2. The van der Waals surface area contributed by atoms with E-state index in [1.807, 2.05) is 12.2 Å². The molecule has 1 aliphatic rings. The first-order chi connectivity index (χ1) is 16.6. The minimum Gasteiger partial charge on any atom is -0.507 e. The molecule has 1 aliphatic heterocycles. The lowest BCUT2D eigenvalue weighted by Crippen LogP contribution is -2.22. The van der Waals surface area contributed by atoms with Crippen molar-refractivity contribution in [2.45, 2.75) is 38.0 Å². The van der Waals surface area contributed by atoms with Crippen LogP contribution in [0.3, 0.4) is 0 Å². The molecule has 3 rings (SSSR count). The molecule has 0 radical (unpaired) electrons. The van der Waals surface area contributed by atoms with E-state index in [1.165, 1.54) is 6.08 Å². The third kappa shape index (κ3) is 6.76. The summed E-state index contributed by atoms with van der Waals surface area (Å²) < 4.78 is 44.5. The molecule has 0 saturated carbocycles. The van der Waals surface area contributed by atoms with Crippen molar-refractivity contribution in [3.63, 3.8) is 0 Å². The van der Waals surface area contributed by atoms with Gasteiger partial charge in [-0.1, -0.05) is 66.2 Å². The van der Waals surface area contributed by atoms with Crippen molar-refractivity contribution in [3.8, 4) is 11.5 Å². The SMILES string of the molecule is O=C1O[C@@H](c2ccccc2)C/C=C/CC/C=C/C(CC(=O)C(F)(F)F)=C/c2c(Cl)c(O)cc(O)c21. The zero-order valence-corrected chi connectivity index (χ0v) is 19.1. The van der Waals surface area contributed by atoms with Gasteiger partial charge in [-0.15, -0.1) is 0 Å². The summed E-state index contributed by atoms with van der Waals surface area (Å²) in [6.45, 7) is 0. The maximum absolute atomic E-state index is 13.2. The van der Waals surface area contributed by atoms with Crippen molar-refractivity contribution in [1.82, 2.24) is 0 Å². The Kier molecular flexibility index (Phi) is 8.40. The number of alkyl halides is 3. The van der Waals surface area contributed by atoms with Crippen LogP contribution >= 0.6 is 11.6 Å². The van der Waals surface area contributed by atoms with Gasteiger partial charge >= 0.3 is 12.1 Å². The summed E-state index contributed by atoms with van der Waals surface area (Å²) in [5.41, 5.74) is -0.132. The van der Waals surface area contributed by atoms with Gasteiger partial charge in [-0.05, 0) is 30.1 Å². The molecule has 0 bridgehead atoms. The minimum absolute atomic E-state index is 0.117. The Labute approximate surface area is 204 Å². The van der Waals surface area contributed by atoms with Crippen LogP contribution in [-0.4, -0.2) is 28.1 Å². The molecule has 0 saturated heterocycles. The lowest BCUT2D eigenvalue weighted by atomic mass is 9.98. The van der Waals surface area contributed by atoms with Crippen LogP contribution in [0.1, 0.15) is 53.3 Å². The number of aromatic hydroxyl groups is 2. The number of hydrogen-bond acceptors (Lipinski definition) is 5. The number of benzene rings is 2. The summed E-state index contributed by atoms with van der Waals surface area (Å²) in [7, 11) is 0. The molecule has 184 valence electrons. The van der Waals surface area contributed by atoms with Crippen molar-refractivity contribution >= 4 is 29.4 Å². The summed E-state index contributed by atoms with van der Waals surface area (Å²) >= 11 is 6.19. The quantitative estimate of drug-likeness (QED) is 0.351. The predicted molar refractivity (Wildman–Crippen MR) is 125 cm³/mol. The second kappa shape index (κ2) is 11.3. The van der Waals surface area contributed by atoms with Gasteiger partial charge in [0.2, 0.25) is 5.78 Å². The Balaban J connectivity index is 2.15. The fourth-order valence-corrected chi connectivity index (χ4v) is 3.71. The molecule has 0 amide bonds. The highest BCUT2D eigenvalue weighted by atomic mass is 35.5. The summed E-state index contributed by atoms with van der Waals surface area (Å²) in [6, 6.07) is 9.72. The fourth-order valence-electron chi connectivity index (χ4n) is 3.50. The Bertz CT molecular complexity index is 1180. The molecule has 5 nitrogen and oxygen atoms in total. The zero-order valence-electron chi connectivity index (χ0n) is 18.4. The average Bonchev–Trinajstić information content (AvgIpc) is 2.80. The number of carbonyl (C=O) groups is 2. The lowest BCUT2D eigenvalue weighted by molar-refractivity contribution is -0.170. The molecule has 0 spiro atoms. The van der Waals surface area contributed by atoms with E-state index in [9.17, 15) is 33.0 Å². The van der Waals surface area contributed by atoms with Crippen molar-refractivity contribution in [2.75, 3.05) is 0 Å². The Hall–Kier alpha value is -3.52. The maximum Gasteiger partial charge on any atom is 0.450 e. The highest BCUT2D eigenvalue weighted by Crippen LogP contribution is 2.39. The first kappa shape index (κ1) is 26.1. The average molecular weight is 507 g/mol. The highest BCUT2D eigenvalue weighted by Gasteiger charge is 2.38. The number of rotatable bonds is 3. The van der Waals surface area contributed by atoms with Gasteiger partial charge in [0.05, 0.1) is 5.02 Å². The van der Waals surface area contributed by atoms with Gasteiger partial charge in [-0.3, -0.25) is 4.79 Å². The number of Topliss-reactive ketones (excluding diaryl/α,β-unsaturated/α-hetero) is 1. The smallest absolute Gasteiger partial charge is 0.450 e. The predicted octanol–water partition coefficient (Wildman–Crippen LogP) is 6.85. The number of fused-ring (bicyclic) bond motifs is 1. The van der Waals surface area contributed by atoms with Crippen LogP contribution in [0.2, 0.25) is 5.02 Å². The van der Waals surface area contributed by atoms with E-state index >= 15 is 0 Å². The first-order valence-corrected chi connectivity index (χ1v) is 11.1. The number of halogens is 4. The van der Waals surface area contributed by atoms with Crippen LogP contribution in [0.15, 0.2) is 66.3 Å². The second-order valence-electron chi connectivity index (χ2n) is 7.83. The molecular weight excluding hydrogens is 485 g/mol. The molecule has 0 unspecified atom stereocenters. The van der Waals surface area contributed by atoms with E-state index in [2.05, 4.69) is 0 Å².